The molecule has 1 aliphatic rings. The number of nitrogens with two attached hydrogens (primary N) is 1. The summed E-state index contributed by atoms with van der Waals surface area (Å²) in [5.74, 6) is 0.539. The summed E-state index contributed by atoms with van der Waals surface area (Å²) in [4.78, 5) is 0. The van der Waals surface area contributed by atoms with Crippen molar-refractivity contribution in [3.63, 3.8) is 0 Å². The van der Waals surface area contributed by atoms with Crippen molar-refractivity contribution in [1.29, 1.82) is 0 Å². The predicted octanol–water partition coefficient (Wildman–Crippen LogP) is -0.464. The van der Waals surface area contributed by atoms with Crippen LogP contribution in [0.3, 0.4) is 0 Å². The molecule has 0 aliphatic carbocycles. The maximum Gasteiger partial charge on any atom is 0.151 e. The zero-order chi connectivity index (χ0) is 12.2. The highest BCUT2D eigenvalue weighted by atomic mass is 32.2. The summed E-state index contributed by atoms with van der Waals surface area (Å²) >= 11 is 0. The third-order valence-electron chi connectivity index (χ3n) is 2.80. The molecule has 2 unspecified atom stereocenters. The van der Waals surface area contributed by atoms with Crippen molar-refractivity contribution in [2.45, 2.75) is 25.8 Å². The minimum absolute atomic E-state index is 0.00677. The third-order valence-corrected chi connectivity index (χ3v) is 4.62. The molecule has 0 spiro atoms. The minimum atomic E-state index is -2.88. The fraction of sp³-hybridized carbons (Fsp3) is 0.889. The van der Waals surface area contributed by atoms with Gasteiger partial charge in [-0.1, -0.05) is 12.1 Å². The Morgan fingerprint density at radius 1 is 1.69 bits per heavy atom. The molecule has 0 radical (unpaired) electrons. The van der Waals surface area contributed by atoms with Crippen LogP contribution in [0.5, 0.6) is 0 Å². The van der Waals surface area contributed by atoms with Crippen molar-refractivity contribution in [3.8, 4) is 0 Å². The SMILES string of the molecule is CC(CNC1CCCS(=O)(=O)C1)C(N)=NO. The van der Waals surface area contributed by atoms with E-state index in [2.05, 4.69) is 10.5 Å². The Morgan fingerprint density at radius 2 is 2.38 bits per heavy atom. The van der Waals surface area contributed by atoms with E-state index in [9.17, 15) is 8.42 Å². The number of hydrogen-bond acceptors (Lipinski definition) is 5. The summed E-state index contributed by atoms with van der Waals surface area (Å²) in [5.41, 5.74) is 5.43. The van der Waals surface area contributed by atoms with E-state index in [-0.39, 0.29) is 23.5 Å². The van der Waals surface area contributed by atoms with Crippen LogP contribution in [-0.2, 0) is 9.84 Å². The third kappa shape index (κ3) is 3.97. The Balaban J connectivity index is 2.38. The number of sulfone groups is 1. The summed E-state index contributed by atoms with van der Waals surface area (Å²) in [6.07, 6.45) is 1.57. The van der Waals surface area contributed by atoms with Gasteiger partial charge in [-0.2, -0.15) is 0 Å². The molecule has 0 aromatic heterocycles. The number of nitrogens with zero attached hydrogens (tertiary/aromatic N) is 1. The second kappa shape index (κ2) is 5.49. The van der Waals surface area contributed by atoms with Gasteiger partial charge in [0, 0.05) is 18.5 Å². The molecule has 0 amide bonds. The zero-order valence-corrected chi connectivity index (χ0v) is 10.2. The first-order valence-electron chi connectivity index (χ1n) is 5.36. The van der Waals surface area contributed by atoms with E-state index < -0.39 is 9.84 Å². The molecule has 6 nitrogen and oxygen atoms in total. The van der Waals surface area contributed by atoms with Crippen LogP contribution < -0.4 is 11.1 Å². The summed E-state index contributed by atoms with van der Waals surface area (Å²) in [7, 11) is -2.88. The number of nitrogens with one attached hydrogen (secondary N) is 1. The van der Waals surface area contributed by atoms with Crippen molar-refractivity contribution in [1.82, 2.24) is 5.32 Å². The maximum atomic E-state index is 11.4. The van der Waals surface area contributed by atoms with Gasteiger partial charge in [0.1, 0.15) is 5.84 Å². The minimum Gasteiger partial charge on any atom is -0.409 e. The predicted molar refractivity (Wildman–Crippen MR) is 62.3 cm³/mol. The van der Waals surface area contributed by atoms with Crippen LogP contribution in [0.25, 0.3) is 0 Å². The number of oxime groups is 1. The summed E-state index contributed by atoms with van der Waals surface area (Å²) in [6.45, 7) is 2.34. The van der Waals surface area contributed by atoms with Gasteiger partial charge in [-0.3, -0.25) is 0 Å². The molecule has 1 fully saturated rings. The van der Waals surface area contributed by atoms with E-state index in [0.717, 1.165) is 6.42 Å². The lowest BCUT2D eigenvalue weighted by Crippen LogP contribution is -2.43. The largest absolute Gasteiger partial charge is 0.409 e. The lowest BCUT2D eigenvalue weighted by Gasteiger charge is -2.24. The average molecular weight is 249 g/mol. The van der Waals surface area contributed by atoms with Crippen LogP contribution in [-0.4, -0.2) is 43.6 Å². The highest BCUT2D eigenvalue weighted by Gasteiger charge is 2.24. The second-order valence-corrected chi connectivity index (χ2v) is 6.52. The van der Waals surface area contributed by atoms with Gasteiger partial charge in [0.2, 0.25) is 0 Å². The molecule has 94 valence electrons. The molecule has 16 heavy (non-hydrogen) atoms. The van der Waals surface area contributed by atoms with Gasteiger partial charge in [0.25, 0.3) is 0 Å². The van der Waals surface area contributed by atoms with Crippen molar-refractivity contribution in [2.75, 3.05) is 18.1 Å². The van der Waals surface area contributed by atoms with Crippen LogP contribution >= 0.6 is 0 Å². The lowest BCUT2D eigenvalue weighted by atomic mass is 10.1. The molecular weight excluding hydrogens is 230 g/mol. The van der Waals surface area contributed by atoms with E-state index in [1.807, 2.05) is 6.92 Å². The fourth-order valence-corrected chi connectivity index (χ4v) is 3.40. The van der Waals surface area contributed by atoms with Crippen molar-refractivity contribution in [3.05, 3.63) is 0 Å². The average Bonchev–Trinajstić information content (AvgIpc) is 2.23. The number of amidine groups is 1. The van der Waals surface area contributed by atoms with Gasteiger partial charge in [-0.25, -0.2) is 8.42 Å². The smallest absolute Gasteiger partial charge is 0.151 e. The van der Waals surface area contributed by atoms with Crippen molar-refractivity contribution >= 4 is 15.7 Å². The Hall–Kier alpha value is -0.820. The number of hydrogen-bond donors (Lipinski definition) is 3. The lowest BCUT2D eigenvalue weighted by molar-refractivity contribution is 0.313. The topological polar surface area (TPSA) is 105 Å². The Kier molecular flexibility index (Phi) is 4.55. The monoisotopic (exact) mass is 249 g/mol. The highest BCUT2D eigenvalue weighted by molar-refractivity contribution is 7.91. The van der Waals surface area contributed by atoms with E-state index >= 15 is 0 Å². The number of rotatable bonds is 4. The molecule has 4 N–H and O–H groups in total. The van der Waals surface area contributed by atoms with Crippen molar-refractivity contribution < 1.29 is 13.6 Å². The summed E-state index contributed by atoms with van der Waals surface area (Å²) in [5, 5.41) is 14.5. The summed E-state index contributed by atoms with van der Waals surface area (Å²) in [6, 6.07) is -0.00677. The van der Waals surface area contributed by atoms with Gasteiger partial charge in [-0.05, 0) is 12.8 Å². The van der Waals surface area contributed by atoms with Crippen molar-refractivity contribution in [2.24, 2.45) is 16.8 Å². The fourth-order valence-electron chi connectivity index (χ4n) is 1.73. The maximum absolute atomic E-state index is 11.4. The van der Waals surface area contributed by atoms with Gasteiger partial charge in [-0.15, -0.1) is 0 Å². The van der Waals surface area contributed by atoms with Crippen LogP contribution in [0.4, 0.5) is 0 Å². The normalized spacial score (nSPS) is 27.6. The molecule has 2 atom stereocenters. The van der Waals surface area contributed by atoms with Gasteiger partial charge < -0.3 is 16.3 Å². The Morgan fingerprint density at radius 3 is 2.94 bits per heavy atom. The van der Waals surface area contributed by atoms with Crippen LogP contribution in [0.1, 0.15) is 19.8 Å². The van der Waals surface area contributed by atoms with Gasteiger partial charge >= 0.3 is 0 Å². The molecule has 1 aliphatic heterocycles. The molecule has 0 aromatic carbocycles. The second-order valence-electron chi connectivity index (χ2n) is 4.29. The molecule has 1 heterocycles. The highest BCUT2D eigenvalue weighted by Crippen LogP contribution is 2.12. The van der Waals surface area contributed by atoms with Gasteiger partial charge in [0.15, 0.2) is 9.84 Å². The molecular formula is C9H19N3O3S. The Labute approximate surface area is 95.8 Å². The molecule has 1 rings (SSSR count). The standard InChI is InChI=1S/C9H19N3O3S/c1-7(9(10)12-13)5-11-8-3-2-4-16(14,15)6-8/h7-8,11,13H,2-6H2,1H3,(H2,10,12). The first-order chi connectivity index (χ1) is 7.44. The Bertz CT molecular complexity index is 353. The zero-order valence-electron chi connectivity index (χ0n) is 9.39. The first-order valence-corrected chi connectivity index (χ1v) is 7.18. The van der Waals surface area contributed by atoms with Crippen LogP contribution in [0, 0.1) is 5.92 Å². The molecule has 0 aromatic rings. The van der Waals surface area contributed by atoms with Crippen LogP contribution in [0.15, 0.2) is 5.16 Å². The van der Waals surface area contributed by atoms with Gasteiger partial charge in [0.05, 0.1) is 11.5 Å². The van der Waals surface area contributed by atoms with E-state index in [1.54, 1.807) is 0 Å². The van der Waals surface area contributed by atoms with Crippen LogP contribution in [0.2, 0.25) is 0 Å². The van der Waals surface area contributed by atoms with E-state index in [0.29, 0.717) is 18.7 Å². The quantitative estimate of drug-likeness (QED) is 0.270. The van der Waals surface area contributed by atoms with E-state index in [4.69, 9.17) is 10.9 Å². The van der Waals surface area contributed by atoms with E-state index in [1.165, 1.54) is 0 Å². The first kappa shape index (κ1) is 13.2. The molecule has 1 saturated heterocycles. The molecule has 0 saturated carbocycles. The molecule has 7 heteroatoms. The summed E-state index contributed by atoms with van der Waals surface area (Å²) < 4.78 is 22.7. The molecule has 0 bridgehead atoms.